The van der Waals surface area contributed by atoms with E-state index in [1.165, 1.54) is 22.2 Å². The summed E-state index contributed by atoms with van der Waals surface area (Å²) in [6, 6.07) is 20.9. The molecule has 3 aromatic carbocycles. The summed E-state index contributed by atoms with van der Waals surface area (Å²) in [5, 5.41) is 5.81. The molecule has 0 aliphatic rings. The number of benzene rings is 3. The van der Waals surface area contributed by atoms with Crippen molar-refractivity contribution in [2.75, 3.05) is 18.5 Å². The Hall–Kier alpha value is -2.48. The molecule has 112 valence electrons. The minimum absolute atomic E-state index is 0.640. The average molecular weight is 291 g/mol. The van der Waals surface area contributed by atoms with Crippen molar-refractivity contribution in [3.63, 3.8) is 0 Å². The zero-order chi connectivity index (χ0) is 15.4. The van der Waals surface area contributed by atoms with Gasteiger partial charge in [0.1, 0.15) is 12.4 Å². The maximum atomic E-state index is 5.94. The molecule has 3 aromatic rings. The summed E-state index contributed by atoms with van der Waals surface area (Å²) < 4.78 is 5.94. The molecule has 0 spiro atoms. The van der Waals surface area contributed by atoms with Crippen molar-refractivity contribution >= 4 is 16.5 Å². The molecule has 0 radical (unpaired) electrons. The molecule has 0 aliphatic heterocycles. The van der Waals surface area contributed by atoms with E-state index in [0.29, 0.717) is 6.61 Å². The summed E-state index contributed by atoms with van der Waals surface area (Å²) in [4.78, 5) is 0. The Balaban J connectivity index is 1.61. The minimum atomic E-state index is 0.640. The van der Waals surface area contributed by atoms with E-state index in [-0.39, 0.29) is 0 Å². The van der Waals surface area contributed by atoms with Crippen LogP contribution in [0, 0.1) is 13.8 Å². The molecule has 0 atom stereocenters. The van der Waals surface area contributed by atoms with Crippen molar-refractivity contribution in [2.24, 2.45) is 0 Å². The van der Waals surface area contributed by atoms with Crippen molar-refractivity contribution in [2.45, 2.75) is 13.8 Å². The third-order valence-corrected chi connectivity index (χ3v) is 3.81. The Bertz CT molecular complexity index is 774. The Morgan fingerprint density at radius 3 is 2.59 bits per heavy atom. The van der Waals surface area contributed by atoms with Gasteiger partial charge in [0.05, 0.1) is 0 Å². The van der Waals surface area contributed by atoms with Crippen LogP contribution in [0.25, 0.3) is 10.8 Å². The molecular formula is C20H21NO. The summed E-state index contributed by atoms with van der Waals surface area (Å²) in [6.45, 7) is 5.66. The van der Waals surface area contributed by atoms with Crippen molar-refractivity contribution < 1.29 is 4.74 Å². The van der Waals surface area contributed by atoms with E-state index in [2.05, 4.69) is 55.6 Å². The molecule has 0 unspecified atom stereocenters. The molecule has 0 aliphatic carbocycles. The minimum Gasteiger partial charge on any atom is -0.491 e. The monoisotopic (exact) mass is 291 g/mol. The Kier molecular flexibility index (Phi) is 4.29. The van der Waals surface area contributed by atoms with Crippen LogP contribution in [0.15, 0.2) is 60.7 Å². The van der Waals surface area contributed by atoms with Gasteiger partial charge >= 0.3 is 0 Å². The quantitative estimate of drug-likeness (QED) is 0.672. The van der Waals surface area contributed by atoms with Gasteiger partial charge < -0.3 is 10.1 Å². The smallest absolute Gasteiger partial charge is 0.127 e. The van der Waals surface area contributed by atoms with Crippen LogP contribution in [0.3, 0.4) is 0 Å². The van der Waals surface area contributed by atoms with E-state index in [0.717, 1.165) is 17.7 Å². The van der Waals surface area contributed by atoms with Gasteiger partial charge in [-0.1, -0.05) is 54.1 Å². The molecule has 0 aromatic heterocycles. The lowest BCUT2D eigenvalue weighted by Crippen LogP contribution is -2.12. The van der Waals surface area contributed by atoms with Crippen LogP contribution >= 0.6 is 0 Å². The van der Waals surface area contributed by atoms with Gasteiger partial charge in [-0.15, -0.1) is 0 Å². The number of nitrogens with one attached hydrogen (secondary N) is 1. The standard InChI is InChI=1S/C20H21NO/c1-15-10-11-19(16(2)14-15)21-12-13-22-20-9-5-7-17-6-3-4-8-18(17)20/h3-11,14,21H,12-13H2,1-2H3. The second-order valence-corrected chi connectivity index (χ2v) is 5.57. The molecule has 3 rings (SSSR count). The van der Waals surface area contributed by atoms with Crippen molar-refractivity contribution in [3.8, 4) is 5.75 Å². The number of hydrogen-bond donors (Lipinski definition) is 1. The number of fused-ring (bicyclic) bond motifs is 1. The zero-order valence-corrected chi connectivity index (χ0v) is 13.1. The van der Waals surface area contributed by atoms with Crippen LogP contribution < -0.4 is 10.1 Å². The van der Waals surface area contributed by atoms with Gasteiger partial charge in [-0.05, 0) is 36.9 Å². The number of ether oxygens (including phenoxy) is 1. The Labute approximate surface area is 131 Å². The normalized spacial score (nSPS) is 10.6. The first-order valence-corrected chi connectivity index (χ1v) is 7.66. The van der Waals surface area contributed by atoms with E-state index in [1.54, 1.807) is 0 Å². The highest BCUT2D eigenvalue weighted by Crippen LogP contribution is 2.25. The highest BCUT2D eigenvalue weighted by Gasteiger charge is 2.01. The highest BCUT2D eigenvalue weighted by molar-refractivity contribution is 5.88. The molecule has 2 heteroatoms. The molecule has 0 bridgehead atoms. The molecule has 2 nitrogen and oxygen atoms in total. The third kappa shape index (κ3) is 3.22. The second-order valence-electron chi connectivity index (χ2n) is 5.57. The molecule has 0 saturated heterocycles. The third-order valence-electron chi connectivity index (χ3n) is 3.81. The lowest BCUT2D eigenvalue weighted by Gasteiger charge is -2.12. The fraction of sp³-hybridized carbons (Fsp3) is 0.200. The van der Waals surface area contributed by atoms with E-state index >= 15 is 0 Å². The summed E-state index contributed by atoms with van der Waals surface area (Å²) >= 11 is 0. The van der Waals surface area contributed by atoms with Gasteiger partial charge in [0.15, 0.2) is 0 Å². The van der Waals surface area contributed by atoms with Crippen LogP contribution in [-0.4, -0.2) is 13.2 Å². The van der Waals surface area contributed by atoms with Crippen molar-refractivity contribution in [3.05, 3.63) is 71.8 Å². The lowest BCUT2D eigenvalue weighted by atomic mass is 10.1. The van der Waals surface area contributed by atoms with Gasteiger partial charge in [0, 0.05) is 17.6 Å². The summed E-state index contributed by atoms with van der Waals surface area (Å²) in [5.74, 6) is 0.945. The van der Waals surface area contributed by atoms with Crippen LogP contribution in [0.1, 0.15) is 11.1 Å². The van der Waals surface area contributed by atoms with Gasteiger partial charge in [0.2, 0.25) is 0 Å². The molecule has 0 saturated carbocycles. The first-order valence-electron chi connectivity index (χ1n) is 7.66. The van der Waals surface area contributed by atoms with Crippen LogP contribution in [-0.2, 0) is 0 Å². The average Bonchev–Trinajstić information content (AvgIpc) is 2.53. The fourth-order valence-electron chi connectivity index (χ4n) is 2.68. The van der Waals surface area contributed by atoms with E-state index in [4.69, 9.17) is 4.74 Å². The van der Waals surface area contributed by atoms with Crippen LogP contribution in [0.2, 0.25) is 0 Å². The summed E-state index contributed by atoms with van der Waals surface area (Å²) in [7, 11) is 0. The van der Waals surface area contributed by atoms with Gasteiger partial charge in [0.25, 0.3) is 0 Å². The van der Waals surface area contributed by atoms with Crippen molar-refractivity contribution in [1.29, 1.82) is 0 Å². The number of rotatable bonds is 5. The first-order chi connectivity index (χ1) is 10.7. The second kappa shape index (κ2) is 6.52. The summed E-state index contributed by atoms with van der Waals surface area (Å²) in [6.07, 6.45) is 0. The van der Waals surface area contributed by atoms with Gasteiger partial charge in [-0.25, -0.2) is 0 Å². The molecule has 0 heterocycles. The predicted molar refractivity (Wildman–Crippen MR) is 93.8 cm³/mol. The van der Waals surface area contributed by atoms with Crippen LogP contribution in [0.4, 0.5) is 5.69 Å². The van der Waals surface area contributed by atoms with Gasteiger partial charge in [-0.2, -0.15) is 0 Å². The predicted octanol–water partition coefficient (Wildman–Crippen LogP) is 4.95. The number of aryl methyl sites for hydroxylation is 2. The molecule has 1 N–H and O–H groups in total. The highest BCUT2D eigenvalue weighted by atomic mass is 16.5. The SMILES string of the molecule is Cc1ccc(NCCOc2cccc3ccccc23)c(C)c1. The maximum Gasteiger partial charge on any atom is 0.127 e. The molecular weight excluding hydrogens is 270 g/mol. The molecule has 0 amide bonds. The zero-order valence-electron chi connectivity index (χ0n) is 13.1. The Morgan fingerprint density at radius 1 is 0.909 bits per heavy atom. The summed E-state index contributed by atoms with van der Waals surface area (Å²) in [5.41, 5.74) is 3.73. The van der Waals surface area contributed by atoms with E-state index in [1.807, 2.05) is 24.3 Å². The fourth-order valence-corrected chi connectivity index (χ4v) is 2.68. The number of hydrogen-bond acceptors (Lipinski definition) is 2. The lowest BCUT2D eigenvalue weighted by molar-refractivity contribution is 0.337. The first kappa shape index (κ1) is 14.5. The maximum absolute atomic E-state index is 5.94. The topological polar surface area (TPSA) is 21.3 Å². The molecule has 22 heavy (non-hydrogen) atoms. The van der Waals surface area contributed by atoms with Crippen molar-refractivity contribution in [1.82, 2.24) is 0 Å². The van der Waals surface area contributed by atoms with E-state index in [9.17, 15) is 0 Å². The Morgan fingerprint density at radius 2 is 1.73 bits per heavy atom. The largest absolute Gasteiger partial charge is 0.491 e. The molecule has 0 fully saturated rings. The number of anilines is 1. The van der Waals surface area contributed by atoms with Crippen LogP contribution in [0.5, 0.6) is 5.75 Å². The van der Waals surface area contributed by atoms with E-state index < -0.39 is 0 Å². The van der Waals surface area contributed by atoms with Gasteiger partial charge in [-0.3, -0.25) is 0 Å².